The molecule has 0 spiro atoms. The van der Waals surface area contributed by atoms with Gasteiger partial charge in [-0.1, -0.05) is 18.2 Å². The first-order valence-electron chi connectivity index (χ1n) is 10.3. The molecule has 0 unspecified atom stereocenters. The second-order valence-electron chi connectivity index (χ2n) is 7.13. The quantitative estimate of drug-likeness (QED) is 0.641. The zero-order valence-corrected chi connectivity index (χ0v) is 19.1. The largest absolute Gasteiger partial charge is 0.484 e. The van der Waals surface area contributed by atoms with Crippen LogP contribution in [0.25, 0.3) is 6.08 Å². The van der Waals surface area contributed by atoms with Crippen molar-refractivity contribution in [2.75, 3.05) is 25.0 Å². The van der Waals surface area contributed by atoms with Gasteiger partial charge in [0, 0.05) is 18.8 Å². The van der Waals surface area contributed by atoms with E-state index in [4.69, 9.17) is 4.74 Å². The summed E-state index contributed by atoms with van der Waals surface area (Å²) in [6.45, 7) is 9.03. The van der Waals surface area contributed by atoms with Gasteiger partial charge in [0.05, 0.1) is 4.91 Å². The Morgan fingerprint density at radius 2 is 1.97 bits per heavy atom. The third-order valence-corrected chi connectivity index (χ3v) is 5.86. The van der Waals surface area contributed by atoms with Crippen LogP contribution in [0.3, 0.4) is 0 Å². The van der Waals surface area contributed by atoms with Gasteiger partial charge in [-0.15, -0.1) is 0 Å². The molecule has 2 aromatic carbocycles. The van der Waals surface area contributed by atoms with E-state index in [1.165, 1.54) is 17.3 Å². The summed E-state index contributed by atoms with van der Waals surface area (Å²) < 4.78 is 5.66. The molecule has 1 N–H and O–H groups in total. The number of aliphatic imine (C=N–C) groups is 1. The van der Waals surface area contributed by atoms with Crippen molar-refractivity contribution >= 4 is 40.5 Å². The monoisotopic (exact) mass is 437 g/mol. The van der Waals surface area contributed by atoms with Crippen molar-refractivity contribution < 1.29 is 14.3 Å². The highest BCUT2D eigenvalue weighted by molar-refractivity contribution is 8.18. The lowest BCUT2D eigenvalue weighted by atomic mass is 10.1. The molecular formula is C24H27N3O3S. The first-order chi connectivity index (χ1) is 14.9. The van der Waals surface area contributed by atoms with E-state index in [9.17, 15) is 9.59 Å². The van der Waals surface area contributed by atoms with E-state index in [1.54, 1.807) is 11.0 Å². The van der Waals surface area contributed by atoms with Crippen molar-refractivity contribution in [3.8, 4) is 5.75 Å². The zero-order chi connectivity index (χ0) is 22.4. The first kappa shape index (κ1) is 22.6. The minimum absolute atomic E-state index is 0.0428. The standard InChI is InChI=1S/C24H27N3O3S/c1-5-25-24-27(6-2)23(29)21(31-24)14-18-8-7-9-20(13-18)30-15-22(28)26-19-11-10-16(3)17(4)12-19/h7-14H,5-6,15H2,1-4H3,(H,26,28). The number of hydrogen-bond donors (Lipinski definition) is 1. The summed E-state index contributed by atoms with van der Waals surface area (Å²) in [5.41, 5.74) is 3.87. The predicted octanol–water partition coefficient (Wildman–Crippen LogP) is 4.63. The Balaban J connectivity index is 1.64. The molecule has 2 aromatic rings. The lowest BCUT2D eigenvalue weighted by Gasteiger charge is -2.11. The van der Waals surface area contributed by atoms with Crippen LogP contribution in [0.4, 0.5) is 5.69 Å². The van der Waals surface area contributed by atoms with Crippen molar-refractivity contribution in [2.24, 2.45) is 4.99 Å². The van der Waals surface area contributed by atoms with Gasteiger partial charge in [0.25, 0.3) is 11.8 Å². The van der Waals surface area contributed by atoms with Gasteiger partial charge in [-0.05, 0) is 86.5 Å². The molecule has 0 aromatic heterocycles. The highest BCUT2D eigenvalue weighted by Gasteiger charge is 2.31. The molecule has 0 atom stereocenters. The summed E-state index contributed by atoms with van der Waals surface area (Å²) in [6.07, 6.45) is 1.83. The molecule has 1 fully saturated rings. The number of anilines is 1. The summed E-state index contributed by atoms with van der Waals surface area (Å²) in [5.74, 6) is 0.293. The molecule has 2 amide bonds. The Labute approximate surface area is 187 Å². The number of carbonyl (C=O) groups excluding carboxylic acids is 2. The number of thioether (sulfide) groups is 1. The van der Waals surface area contributed by atoms with Gasteiger partial charge < -0.3 is 10.1 Å². The maximum Gasteiger partial charge on any atom is 0.266 e. The van der Waals surface area contributed by atoms with Crippen LogP contribution in [-0.4, -0.2) is 41.6 Å². The number of ether oxygens (including phenoxy) is 1. The Morgan fingerprint density at radius 1 is 1.16 bits per heavy atom. The highest BCUT2D eigenvalue weighted by atomic mass is 32.2. The molecule has 6 nitrogen and oxygen atoms in total. The van der Waals surface area contributed by atoms with E-state index < -0.39 is 0 Å². The number of nitrogens with one attached hydrogen (secondary N) is 1. The van der Waals surface area contributed by atoms with Crippen LogP contribution in [-0.2, 0) is 9.59 Å². The van der Waals surface area contributed by atoms with Crippen LogP contribution in [0.1, 0.15) is 30.5 Å². The smallest absolute Gasteiger partial charge is 0.266 e. The van der Waals surface area contributed by atoms with Crippen LogP contribution in [0, 0.1) is 13.8 Å². The number of carbonyl (C=O) groups is 2. The molecule has 1 aliphatic heterocycles. The third kappa shape index (κ3) is 5.76. The fourth-order valence-electron chi connectivity index (χ4n) is 3.05. The molecule has 1 aliphatic rings. The van der Waals surface area contributed by atoms with Crippen molar-refractivity contribution in [1.82, 2.24) is 4.90 Å². The Bertz CT molecular complexity index is 1050. The normalized spacial score (nSPS) is 16.3. The number of rotatable bonds is 7. The molecule has 3 rings (SSSR count). The predicted molar refractivity (Wildman–Crippen MR) is 127 cm³/mol. The zero-order valence-electron chi connectivity index (χ0n) is 18.3. The summed E-state index contributed by atoms with van der Waals surface area (Å²) in [7, 11) is 0. The molecule has 1 heterocycles. The van der Waals surface area contributed by atoms with Gasteiger partial charge >= 0.3 is 0 Å². The molecule has 162 valence electrons. The molecule has 7 heteroatoms. The van der Waals surface area contributed by atoms with Gasteiger partial charge in [-0.2, -0.15) is 0 Å². The number of nitrogens with zero attached hydrogens (tertiary/aromatic N) is 2. The summed E-state index contributed by atoms with van der Waals surface area (Å²) in [6, 6.07) is 13.1. The van der Waals surface area contributed by atoms with Gasteiger partial charge in [0.15, 0.2) is 11.8 Å². The summed E-state index contributed by atoms with van der Waals surface area (Å²) >= 11 is 1.38. The van der Waals surface area contributed by atoms with Crippen LogP contribution < -0.4 is 10.1 Å². The average Bonchev–Trinajstić information content (AvgIpc) is 3.04. The van der Waals surface area contributed by atoms with Crippen LogP contribution >= 0.6 is 11.8 Å². The van der Waals surface area contributed by atoms with Gasteiger partial charge in [0.2, 0.25) is 0 Å². The minimum atomic E-state index is -0.229. The number of amidine groups is 1. The molecule has 0 aliphatic carbocycles. The average molecular weight is 438 g/mol. The topological polar surface area (TPSA) is 71.0 Å². The fraction of sp³-hybridized carbons (Fsp3) is 0.292. The van der Waals surface area contributed by atoms with Gasteiger partial charge in [0.1, 0.15) is 5.75 Å². The van der Waals surface area contributed by atoms with E-state index in [-0.39, 0.29) is 18.4 Å². The lowest BCUT2D eigenvalue weighted by Crippen LogP contribution is -2.28. The van der Waals surface area contributed by atoms with E-state index in [2.05, 4.69) is 10.3 Å². The fourth-order valence-corrected chi connectivity index (χ4v) is 4.16. The lowest BCUT2D eigenvalue weighted by molar-refractivity contribution is -0.122. The third-order valence-electron chi connectivity index (χ3n) is 4.81. The summed E-state index contributed by atoms with van der Waals surface area (Å²) in [4.78, 5) is 31.6. The maximum absolute atomic E-state index is 12.6. The Kier molecular flexibility index (Phi) is 7.52. The molecule has 1 saturated heterocycles. The van der Waals surface area contributed by atoms with E-state index >= 15 is 0 Å². The van der Waals surface area contributed by atoms with E-state index in [0.717, 1.165) is 22.0 Å². The molecule has 31 heavy (non-hydrogen) atoms. The van der Waals surface area contributed by atoms with Crippen molar-refractivity contribution in [2.45, 2.75) is 27.7 Å². The van der Waals surface area contributed by atoms with Crippen LogP contribution in [0.5, 0.6) is 5.75 Å². The number of aryl methyl sites for hydroxylation is 2. The second-order valence-corrected chi connectivity index (χ2v) is 8.13. The molecule has 0 radical (unpaired) electrons. The maximum atomic E-state index is 12.6. The Hall–Kier alpha value is -3.06. The number of amides is 2. The van der Waals surface area contributed by atoms with Crippen LogP contribution in [0.2, 0.25) is 0 Å². The second kappa shape index (κ2) is 10.3. The first-order valence-corrected chi connectivity index (χ1v) is 11.1. The van der Waals surface area contributed by atoms with Gasteiger partial charge in [-0.3, -0.25) is 19.5 Å². The number of hydrogen-bond acceptors (Lipinski definition) is 5. The van der Waals surface area contributed by atoms with Gasteiger partial charge in [-0.25, -0.2) is 0 Å². The van der Waals surface area contributed by atoms with Crippen molar-refractivity contribution in [3.63, 3.8) is 0 Å². The van der Waals surface area contributed by atoms with Crippen molar-refractivity contribution in [3.05, 3.63) is 64.1 Å². The molecule has 0 bridgehead atoms. The molecular weight excluding hydrogens is 410 g/mol. The Morgan fingerprint density at radius 3 is 2.68 bits per heavy atom. The number of likely N-dealkylation sites (N-methyl/N-ethyl adjacent to an activating group) is 1. The van der Waals surface area contributed by atoms with Crippen molar-refractivity contribution in [1.29, 1.82) is 0 Å². The molecule has 0 saturated carbocycles. The SMILES string of the molecule is CCN=C1SC(=Cc2cccc(OCC(=O)Nc3ccc(C)c(C)c3)c2)C(=O)N1CC. The van der Waals surface area contributed by atoms with E-state index in [0.29, 0.717) is 23.7 Å². The van der Waals surface area contributed by atoms with E-state index in [1.807, 2.05) is 70.2 Å². The number of benzene rings is 2. The minimum Gasteiger partial charge on any atom is -0.484 e. The highest BCUT2D eigenvalue weighted by Crippen LogP contribution is 2.32. The van der Waals surface area contributed by atoms with Crippen LogP contribution in [0.15, 0.2) is 52.4 Å². The summed E-state index contributed by atoms with van der Waals surface area (Å²) in [5, 5.41) is 3.58.